The van der Waals surface area contributed by atoms with Gasteiger partial charge in [0.1, 0.15) is 11.9 Å². The number of amides is 1. The Bertz CT molecular complexity index is 626. The van der Waals surface area contributed by atoms with Gasteiger partial charge in [-0.25, -0.2) is 12.8 Å². The molecule has 2 rings (SSSR count). The molecule has 0 fully saturated rings. The number of carbonyl (C=O) groups excluding carboxylic acids is 1. The molecule has 1 N–H and O–H groups in total. The second-order valence-corrected chi connectivity index (χ2v) is 6.48. The van der Waals surface area contributed by atoms with Gasteiger partial charge in [0, 0.05) is 13.1 Å². The molecule has 0 unspecified atom stereocenters. The summed E-state index contributed by atoms with van der Waals surface area (Å²) in [5.74, 6) is -0.740. The number of benzene rings is 1. The fourth-order valence-corrected chi connectivity index (χ4v) is 2.89. The van der Waals surface area contributed by atoms with Crippen molar-refractivity contribution >= 4 is 15.9 Å². The Morgan fingerprint density at radius 2 is 2.05 bits per heavy atom. The molecular formula is C13H15FN2O3S. The Labute approximate surface area is 117 Å². The molecular weight excluding hydrogens is 283 g/mol. The first-order valence-corrected chi connectivity index (χ1v) is 7.88. The third-order valence-electron chi connectivity index (χ3n) is 2.99. The first-order valence-electron chi connectivity index (χ1n) is 6.03. The van der Waals surface area contributed by atoms with E-state index in [2.05, 4.69) is 5.32 Å². The van der Waals surface area contributed by atoms with E-state index in [0.717, 1.165) is 16.1 Å². The van der Waals surface area contributed by atoms with Crippen molar-refractivity contribution in [2.24, 2.45) is 0 Å². The van der Waals surface area contributed by atoms with E-state index in [0.29, 0.717) is 0 Å². The first kappa shape index (κ1) is 14.7. The lowest BCUT2D eigenvalue weighted by atomic mass is 10.2. The van der Waals surface area contributed by atoms with Crippen LogP contribution in [0.1, 0.15) is 5.56 Å². The van der Waals surface area contributed by atoms with Crippen LogP contribution < -0.4 is 5.32 Å². The molecule has 20 heavy (non-hydrogen) atoms. The molecule has 0 aromatic heterocycles. The predicted octanol–water partition coefficient (Wildman–Crippen LogP) is 0.642. The largest absolute Gasteiger partial charge is 0.350 e. The van der Waals surface area contributed by atoms with E-state index < -0.39 is 22.0 Å². The number of sulfonamides is 1. The molecule has 1 atom stereocenters. The molecule has 0 radical (unpaired) electrons. The van der Waals surface area contributed by atoms with Crippen molar-refractivity contribution in [1.29, 1.82) is 0 Å². The molecule has 1 aliphatic heterocycles. The van der Waals surface area contributed by atoms with E-state index in [4.69, 9.17) is 0 Å². The van der Waals surface area contributed by atoms with E-state index in [-0.39, 0.29) is 18.9 Å². The van der Waals surface area contributed by atoms with Crippen molar-refractivity contribution < 1.29 is 17.6 Å². The van der Waals surface area contributed by atoms with Crippen LogP contribution in [0.4, 0.5) is 4.39 Å². The highest BCUT2D eigenvalue weighted by molar-refractivity contribution is 7.88. The van der Waals surface area contributed by atoms with Crippen LogP contribution in [0.15, 0.2) is 36.4 Å². The summed E-state index contributed by atoms with van der Waals surface area (Å²) >= 11 is 0. The van der Waals surface area contributed by atoms with Crippen LogP contribution in [0.2, 0.25) is 0 Å². The molecule has 1 aliphatic rings. The minimum Gasteiger partial charge on any atom is -0.350 e. The second-order valence-electron chi connectivity index (χ2n) is 4.55. The van der Waals surface area contributed by atoms with Gasteiger partial charge in [-0.15, -0.1) is 0 Å². The number of rotatable bonds is 4. The molecule has 108 valence electrons. The fraction of sp³-hybridized carbons (Fsp3) is 0.308. The minimum absolute atomic E-state index is 0.202. The van der Waals surface area contributed by atoms with Crippen LogP contribution >= 0.6 is 0 Å². The van der Waals surface area contributed by atoms with Crippen LogP contribution in [-0.4, -0.2) is 37.5 Å². The highest BCUT2D eigenvalue weighted by Crippen LogP contribution is 2.14. The smallest absolute Gasteiger partial charge is 0.242 e. The predicted molar refractivity (Wildman–Crippen MR) is 72.7 cm³/mol. The van der Waals surface area contributed by atoms with Gasteiger partial charge in [-0.1, -0.05) is 24.3 Å². The maximum atomic E-state index is 12.7. The molecule has 1 aromatic rings. The second kappa shape index (κ2) is 5.72. The zero-order valence-electron chi connectivity index (χ0n) is 10.9. The minimum atomic E-state index is -3.42. The summed E-state index contributed by atoms with van der Waals surface area (Å²) in [4.78, 5) is 12.0. The third kappa shape index (κ3) is 3.43. The van der Waals surface area contributed by atoms with Crippen molar-refractivity contribution in [3.05, 3.63) is 47.8 Å². The van der Waals surface area contributed by atoms with E-state index in [1.54, 1.807) is 24.3 Å². The van der Waals surface area contributed by atoms with Crippen LogP contribution in [0.3, 0.4) is 0 Å². The van der Waals surface area contributed by atoms with E-state index >= 15 is 0 Å². The van der Waals surface area contributed by atoms with Crippen molar-refractivity contribution in [3.63, 3.8) is 0 Å². The number of hydrogen-bond acceptors (Lipinski definition) is 3. The Hall–Kier alpha value is -1.73. The maximum Gasteiger partial charge on any atom is 0.242 e. The normalized spacial score (nSPS) is 19.2. The third-order valence-corrected chi connectivity index (χ3v) is 4.22. The quantitative estimate of drug-likeness (QED) is 0.830. The zero-order valence-corrected chi connectivity index (χ0v) is 11.7. The van der Waals surface area contributed by atoms with Crippen molar-refractivity contribution in [2.75, 3.05) is 12.8 Å². The lowest BCUT2D eigenvalue weighted by molar-refractivity contribution is -0.123. The summed E-state index contributed by atoms with van der Waals surface area (Å²) in [6.45, 7) is 0.425. The van der Waals surface area contributed by atoms with Gasteiger partial charge in [0.2, 0.25) is 15.9 Å². The molecule has 0 spiro atoms. The van der Waals surface area contributed by atoms with E-state index in [1.165, 1.54) is 12.1 Å². The Morgan fingerprint density at radius 1 is 1.40 bits per heavy atom. The van der Waals surface area contributed by atoms with Gasteiger partial charge < -0.3 is 5.32 Å². The highest BCUT2D eigenvalue weighted by Gasteiger charge is 2.32. The number of nitrogens with zero attached hydrogens (tertiary/aromatic N) is 1. The first-order chi connectivity index (χ1) is 9.38. The molecule has 7 heteroatoms. The molecule has 5 nitrogen and oxygen atoms in total. The van der Waals surface area contributed by atoms with Gasteiger partial charge in [-0.2, -0.15) is 4.31 Å². The Morgan fingerprint density at radius 3 is 2.65 bits per heavy atom. The van der Waals surface area contributed by atoms with Crippen LogP contribution in [0, 0.1) is 5.82 Å². The lowest BCUT2D eigenvalue weighted by Crippen LogP contribution is -2.45. The number of halogens is 1. The van der Waals surface area contributed by atoms with E-state index in [1.807, 2.05) is 0 Å². The summed E-state index contributed by atoms with van der Waals surface area (Å²) in [6.07, 6.45) is 4.27. The van der Waals surface area contributed by atoms with Crippen LogP contribution in [-0.2, 0) is 21.4 Å². The highest BCUT2D eigenvalue weighted by atomic mass is 32.2. The lowest BCUT2D eigenvalue weighted by Gasteiger charge is -2.21. The number of hydrogen-bond donors (Lipinski definition) is 1. The zero-order chi connectivity index (χ0) is 14.8. The fourth-order valence-electron chi connectivity index (χ4n) is 1.96. The summed E-state index contributed by atoms with van der Waals surface area (Å²) in [6, 6.07) is 4.92. The summed E-state index contributed by atoms with van der Waals surface area (Å²) in [7, 11) is -3.42. The van der Waals surface area contributed by atoms with Crippen molar-refractivity contribution in [3.8, 4) is 0 Å². The van der Waals surface area contributed by atoms with Gasteiger partial charge in [-0.3, -0.25) is 4.79 Å². The molecule has 0 aliphatic carbocycles. The summed E-state index contributed by atoms with van der Waals surface area (Å²) in [5.41, 5.74) is 0.743. The SMILES string of the molecule is CS(=O)(=O)N1CC=C[C@H]1C(=O)NCc1ccc(F)cc1. The number of nitrogens with one attached hydrogen (secondary N) is 1. The monoisotopic (exact) mass is 298 g/mol. The van der Waals surface area contributed by atoms with Gasteiger partial charge in [0.15, 0.2) is 0 Å². The molecule has 1 heterocycles. The summed E-state index contributed by atoms with van der Waals surface area (Å²) in [5, 5.41) is 2.64. The molecule has 0 bridgehead atoms. The molecule has 0 saturated carbocycles. The molecule has 1 aromatic carbocycles. The summed E-state index contributed by atoms with van der Waals surface area (Å²) < 4.78 is 36.9. The van der Waals surface area contributed by atoms with Crippen LogP contribution in [0.5, 0.6) is 0 Å². The van der Waals surface area contributed by atoms with Crippen molar-refractivity contribution in [1.82, 2.24) is 9.62 Å². The molecule has 1 amide bonds. The van der Waals surface area contributed by atoms with Gasteiger partial charge in [0.05, 0.1) is 6.26 Å². The van der Waals surface area contributed by atoms with Gasteiger partial charge >= 0.3 is 0 Å². The van der Waals surface area contributed by atoms with Gasteiger partial charge in [0.25, 0.3) is 0 Å². The average molecular weight is 298 g/mol. The van der Waals surface area contributed by atoms with Crippen LogP contribution in [0.25, 0.3) is 0 Å². The maximum absolute atomic E-state index is 12.7. The van der Waals surface area contributed by atoms with Crippen molar-refractivity contribution in [2.45, 2.75) is 12.6 Å². The topological polar surface area (TPSA) is 66.5 Å². The standard InChI is InChI=1S/C13H15FN2O3S/c1-20(18,19)16-8-2-3-12(16)13(17)15-9-10-4-6-11(14)7-5-10/h2-7,12H,8-9H2,1H3,(H,15,17)/t12-/m0/s1. The van der Waals surface area contributed by atoms with Gasteiger partial charge in [-0.05, 0) is 17.7 Å². The van der Waals surface area contributed by atoms with E-state index in [9.17, 15) is 17.6 Å². The number of carbonyl (C=O) groups is 1. The molecule has 0 saturated heterocycles. The average Bonchev–Trinajstić information content (AvgIpc) is 2.87. The Balaban J connectivity index is 1.98. The Kier molecular flexibility index (Phi) is 4.20.